The van der Waals surface area contributed by atoms with E-state index < -0.39 is 5.91 Å². The summed E-state index contributed by atoms with van der Waals surface area (Å²) in [6, 6.07) is 9.62. The van der Waals surface area contributed by atoms with Gasteiger partial charge < -0.3 is 16.2 Å². The maximum Gasteiger partial charge on any atom is 0.278 e. The molecule has 1 unspecified atom stereocenters. The molecule has 0 saturated carbocycles. The fraction of sp³-hybridized carbons (Fsp3) is 0.176. The molecule has 3 rings (SSSR count). The second kappa shape index (κ2) is 7.54. The van der Waals surface area contributed by atoms with Gasteiger partial charge in [-0.2, -0.15) is 5.10 Å². The van der Waals surface area contributed by atoms with E-state index in [9.17, 15) is 9.90 Å². The molecule has 8 heteroatoms. The molecule has 2 heterocycles. The first-order valence-corrected chi connectivity index (χ1v) is 7.77. The van der Waals surface area contributed by atoms with E-state index in [1.165, 1.54) is 18.6 Å². The molecule has 0 aliphatic carbocycles. The molecule has 2 aromatic heterocycles. The number of aliphatic hydroxyl groups is 1. The number of hydrogen-bond donors (Lipinski definition) is 3. The van der Waals surface area contributed by atoms with Gasteiger partial charge in [-0.05, 0) is 12.0 Å². The van der Waals surface area contributed by atoms with Crippen LogP contribution in [0.1, 0.15) is 28.5 Å². The van der Waals surface area contributed by atoms with Crippen molar-refractivity contribution in [3.63, 3.8) is 0 Å². The molecule has 0 radical (unpaired) electrons. The topological polar surface area (TPSA) is 119 Å². The number of amides is 1. The van der Waals surface area contributed by atoms with Gasteiger partial charge in [0.25, 0.3) is 5.91 Å². The molecule has 0 fully saturated rings. The Morgan fingerprint density at radius 3 is 2.72 bits per heavy atom. The summed E-state index contributed by atoms with van der Waals surface area (Å²) in [5.41, 5.74) is 7.25. The van der Waals surface area contributed by atoms with Crippen LogP contribution in [-0.2, 0) is 0 Å². The lowest BCUT2D eigenvalue weighted by atomic mass is 10.0. The molecule has 1 aromatic carbocycles. The summed E-state index contributed by atoms with van der Waals surface area (Å²) in [6.07, 6.45) is 6.58. The van der Waals surface area contributed by atoms with Gasteiger partial charge >= 0.3 is 0 Å². The van der Waals surface area contributed by atoms with Gasteiger partial charge in [0.15, 0.2) is 11.5 Å². The van der Waals surface area contributed by atoms with Crippen molar-refractivity contribution in [2.45, 2.75) is 12.5 Å². The molecule has 0 spiro atoms. The average Bonchev–Trinajstić information content (AvgIpc) is 3.08. The summed E-state index contributed by atoms with van der Waals surface area (Å²) in [5.74, 6) is -0.390. The minimum absolute atomic E-state index is 0.0251. The first kappa shape index (κ1) is 16.6. The highest BCUT2D eigenvalue weighted by molar-refractivity contribution is 6.05. The highest BCUT2D eigenvalue weighted by atomic mass is 16.3. The Morgan fingerprint density at radius 1 is 1.24 bits per heavy atom. The zero-order valence-corrected chi connectivity index (χ0v) is 13.4. The number of anilines is 2. The molecule has 1 amide bonds. The number of nitrogens with zero attached hydrogens (tertiary/aromatic N) is 4. The van der Waals surface area contributed by atoms with Crippen LogP contribution in [0, 0.1) is 0 Å². The minimum atomic E-state index is -0.455. The monoisotopic (exact) mass is 338 g/mol. The Kier molecular flexibility index (Phi) is 5.00. The van der Waals surface area contributed by atoms with Crippen molar-refractivity contribution in [1.82, 2.24) is 19.7 Å². The smallest absolute Gasteiger partial charge is 0.278 e. The highest BCUT2D eigenvalue weighted by Gasteiger charge is 2.17. The van der Waals surface area contributed by atoms with Gasteiger partial charge in [0.2, 0.25) is 0 Å². The normalized spacial score (nSPS) is 11.9. The van der Waals surface area contributed by atoms with Gasteiger partial charge in [-0.1, -0.05) is 30.3 Å². The summed E-state index contributed by atoms with van der Waals surface area (Å²) >= 11 is 0. The highest BCUT2D eigenvalue weighted by Crippen LogP contribution is 2.22. The molecule has 3 aromatic rings. The van der Waals surface area contributed by atoms with Crippen LogP contribution < -0.4 is 11.1 Å². The van der Waals surface area contributed by atoms with E-state index in [2.05, 4.69) is 20.4 Å². The zero-order valence-electron chi connectivity index (χ0n) is 13.4. The third-order valence-corrected chi connectivity index (χ3v) is 3.71. The number of nitrogens with two attached hydrogens (primary N) is 1. The van der Waals surface area contributed by atoms with Crippen molar-refractivity contribution in [3.8, 4) is 0 Å². The Balaban J connectivity index is 1.79. The maximum atomic E-state index is 12.2. The summed E-state index contributed by atoms with van der Waals surface area (Å²) in [5, 5.41) is 16.4. The van der Waals surface area contributed by atoms with E-state index in [0.717, 1.165) is 5.56 Å². The fourth-order valence-electron chi connectivity index (χ4n) is 2.54. The van der Waals surface area contributed by atoms with E-state index >= 15 is 0 Å². The zero-order chi connectivity index (χ0) is 17.6. The van der Waals surface area contributed by atoms with Crippen molar-refractivity contribution in [2.24, 2.45) is 0 Å². The van der Waals surface area contributed by atoms with Crippen molar-refractivity contribution < 1.29 is 9.90 Å². The largest absolute Gasteiger partial charge is 0.396 e. The fourth-order valence-corrected chi connectivity index (χ4v) is 2.54. The number of hydrogen-bond acceptors (Lipinski definition) is 6. The van der Waals surface area contributed by atoms with Gasteiger partial charge in [-0.15, -0.1) is 0 Å². The Morgan fingerprint density at radius 2 is 2.00 bits per heavy atom. The van der Waals surface area contributed by atoms with Gasteiger partial charge in [0.1, 0.15) is 0 Å². The van der Waals surface area contributed by atoms with Crippen LogP contribution in [0.15, 0.2) is 55.1 Å². The van der Waals surface area contributed by atoms with E-state index in [4.69, 9.17) is 5.73 Å². The molecule has 0 saturated heterocycles. The van der Waals surface area contributed by atoms with Gasteiger partial charge in [-0.25, -0.2) is 9.97 Å². The predicted octanol–water partition coefficient (Wildman–Crippen LogP) is 1.48. The van der Waals surface area contributed by atoms with Crippen LogP contribution in [0.25, 0.3) is 0 Å². The van der Waals surface area contributed by atoms with E-state index in [1.807, 2.05) is 30.3 Å². The molecule has 8 nitrogen and oxygen atoms in total. The molecular formula is C17H18N6O2. The number of benzene rings is 1. The summed E-state index contributed by atoms with van der Waals surface area (Å²) < 4.78 is 1.71. The maximum absolute atomic E-state index is 12.2. The van der Waals surface area contributed by atoms with E-state index in [1.54, 1.807) is 10.9 Å². The van der Waals surface area contributed by atoms with Crippen LogP contribution in [0.4, 0.5) is 11.5 Å². The molecular weight excluding hydrogens is 320 g/mol. The van der Waals surface area contributed by atoms with Crippen LogP contribution >= 0.6 is 0 Å². The number of carbonyl (C=O) groups excluding carboxylic acids is 1. The first-order valence-electron chi connectivity index (χ1n) is 7.77. The number of aromatic nitrogens is 4. The third-order valence-electron chi connectivity index (χ3n) is 3.71. The lowest BCUT2D eigenvalue weighted by molar-refractivity contribution is 0.102. The summed E-state index contributed by atoms with van der Waals surface area (Å²) in [7, 11) is 0. The number of carbonyl (C=O) groups is 1. The van der Waals surface area contributed by atoms with Crippen LogP contribution in [-0.4, -0.2) is 37.4 Å². The third kappa shape index (κ3) is 3.81. The van der Waals surface area contributed by atoms with Crippen molar-refractivity contribution >= 4 is 17.4 Å². The second-order valence-electron chi connectivity index (χ2n) is 5.39. The summed E-state index contributed by atoms with van der Waals surface area (Å²) in [6.45, 7) is 0.0251. The minimum Gasteiger partial charge on any atom is -0.396 e. The lowest BCUT2D eigenvalue weighted by Gasteiger charge is -2.16. The predicted molar refractivity (Wildman–Crippen MR) is 92.9 cm³/mol. The Bertz CT molecular complexity index is 849. The number of rotatable bonds is 6. The average molecular weight is 338 g/mol. The first-order chi connectivity index (χ1) is 12.2. The van der Waals surface area contributed by atoms with Crippen molar-refractivity contribution in [3.05, 3.63) is 66.4 Å². The van der Waals surface area contributed by atoms with Crippen molar-refractivity contribution in [1.29, 1.82) is 0 Å². The molecule has 0 aliphatic rings. The molecule has 4 N–H and O–H groups in total. The Hall–Kier alpha value is -3.26. The standard InChI is InChI=1S/C17H18N6O2/c18-16-15(19-7-8-20-16)17(25)22-13-10-21-23(11-13)14(6-9-24)12-4-2-1-3-5-12/h1-5,7-8,10-11,14,24H,6,9H2,(H2,18,20)(H,22,25). The van der Waals surface area contributed by atoms with Crippen LogP contribution in [0.5, 0.6) is 0 Å². The van der Waals surface area contributed by atoms with Gasteiger partial charge in [0, 0.05) is 25.2 Å². The second-order valence-corrected chi connectivity index (χ2v) is 5.39. The number of nitrogens with one attached hydrogen (secondary N) is 1. The molecule has 25 heavy (non-hydrogen) atoms. The Labute approximate surface area is 144 Å². The number of aliphatic hydroxyl groups excluding tert-OH is 1. The van der Waals surface area contributed by atoms with Crippen LogP contribution in [0.3, 0.4) is 0 Å². The van der Waals surface area contributed by atoms with Gasteiger partial charge in [0.05, 0.1) is 17.9 Å². The summed E-state index contributed by atoms with van der Waals surface area (Å²) in [4.78, 5) is 20.0. The number of nitrogen functional groups attached to an aromatic ring is 1. The molecule has 1 atom stereocenters. The molecule has 0 aliphatic heterocycles. The quantitative estimate of drug-likeness (QED) is 0.626. The van der Waals surface area contributed by atoms with Crippen LogP contribution in [0.2, 0.25) is 0 Å². The molecule has 0 bridgehead atoms. The van der Waals surface area contributed by atoms with E-state index in [-0.39, 0.29) is 24.2 Å². The molecule has 128 valence electrons. The SMILES string of the molecule is Nc1nccnc1C(=O)Nc1cnn(C(CCO)c2ccccc2)c1. The lowest BCUT2D eigenvalue weighted by Crippen LogP contribution is -2.16. The van der Waals surface area contributed by atoms with Crippen molar-refractivity contribution in [2.75, 3.05) is 17.7 Å². The van der Waals surface area contributed by atoms with Gasteiger partial charge in [-0.3, -0.25) is 9.48 Å². The van der Waals surface area contributed by atoms with E-state index in [0.29, 0.717) is 12.1 Å².